The van der Waals surface area contributed by atoms with E-state index >= 15 is 0 Å². The number of hydrogen-bond donors (Lipinski definition) is 2. The molecular weight excluding hydrogens is 328 g/mol. The first kappa shape index (κ1) is 15.6. The Labute approximate surface area is 144 Å². The van der Waals surface area contributed by atoms with Crippen LogP contribution < -0.4 is 10.6 Å². The number of carbonyl (C=O) groups is 2. The molecule has 1 aromatic rings. The monoisotopic (exact) mass is 348 g/mol. The topological polar surface area (TPSA) is 73.9 Å². The lowest BCUT2D eigenvalue weighted by molar-refractivity contribution is -0.126. The van der Waals surface area contributed by atoms with E-state index < -0.39 is 0 Å². The van der Waals surface area contributed by atoms with Crippen LogP contribution in [0.3, 0.4) is 0 Å². The maximum Gasteiger partial charge on any atom is 0.319 e. The first-order chi connectivity index (χ1) is 11.7. The molecule has 0 bridgehead atoms. The van der Waals surface area contributed by atoms with Crippen LogP contribution in [0.2, 0.25) is 0 Å². The molecule has 1 fully saturated rings. The van der Waals surface area contributed by atoms with Crippen molar-refractivity contribution in [2.75, 3.05) is 45.9 Å². The largest absolute Gasteiger partial charge is 0.379 e. The van der Waals surface area contributed by atoms with Gasteiger partial charge < -0.3 is 20.3 Å². The van der Waals surface area contributed by atoms with Crippen molar-refractivity contribution in [2.24, 2.45) is 0 Å². The van der Waals surface area contributed by atoms with Gasteiger partial charge in [0.15, 0.2) is 0 Å². The third-order valence-corrected chi connectivity index (χ3v) is 5.57. The third kappa shape index (κ3) is 2.92. The third-order valence-electron chi connectivity index (χ3n) is 4.64. The predicted molar refractivity (Wildman–Crippen MR) is 89.6 cm³/mol. The Morgan fingerprint density at radius 2 is 2.08 bits per heavy atom. The van der Waals surface area contributed by atoms with Gasteiger partial charge in [-0.05, 0) is 11.4 Å². The lowest BCUT2D eigenvalue weighted by Crippen LogP contribution is -2.44. The molecule has 0 aromatic carbocycles. The van der Waals surface area contributed by atoms with Gasteiger partial charge in [0, 0.05) is 31.1 Å². The lowest BCUT2D eigenvalue weighted by atomic mass is 10.0. The van der Waals surface area contributed by atoms with Crippen molar-refractivity contribution < 1.29 is 14.3 Å². The van der Waals surface area contributed by atoms with E-state index in [0.29, 0.717) is 18.7 Å². The summed E-state index contributed by atoms with van der Waals surface area (Å²) in [6, 6.07) is 3.31. The minimum absolute atomic E-state index is 0.0177. The molecule has 1 atom stereocenters. The number of carbonyl (C=O) groups excluding carboxylic acids is 2. The summed E-state index contributed by atoms with van der Waals surface area (Å²) in [5, 5.41) is 7.64. The van der Waals surface area contributed by atoms with E-state index in [4.69, 9.17) is 4.74 Å². The summed E-state index contributed by atoms with van der Waals surface area (Å²) >= 11 is 1.55. The Morgan fingerprint density at radius 3 is 2.83 bits per heavy atom. The number of rotatable bonds is 4. The summed E-state index contributed by atoms with van der Waals surface area (Å²) in [6.45, 7) is 5.30. The number of nitrogens with zero attached hydrogens (tertiary/aromatic N) is 2. The van der Waals surface area contributed by atoms with E-state index in [1.807, 2.05) is 22.4 Å². The number of hydrogen-bond acceptors (Lipinski definition) is 5. The molecule has 1 aromatic heterocycles. The number of nitrogens with one attached hydrogen (secondary N) is 2. The molecule has 4 rings (SSSR count). The number of thiophene rings is 1. The molecule has 2 N–H and O–H groups in total. The second-order valence-electron chi connectivity index (χ2n) is 6.12. The van der Waals surface area contributed by atoms with Crippen LogP contribution in [-0.4, -0.2) is 67.7 Å². The van der Waals surface area contributed by atoms with Gasteiger partial charge in [-0.3, -0.25) is 9.69 Å². The molecule has 24 heavy (non-hydrogen) atoms. The molecule has 7 nitrogen and oxygen atoms in total. The van der Waals surface area contributed by atoms with Gasteiger partial charge in [-0.1, -0.05) is 6.07 Å². The zero-order chi connectivity index (χ0) is 16.5. The fourth-order valence-electron chi connectivity index (χ4n) is 3.36. The molecule has 3 amide bonds. The summed E-state index contributed by atoms with van der Waals surface area (Å²) in [7, 11) is 0. The highest BCUT2D eigenvalue weighted by Gasteiger charge is 2.40. The first-order valence-corrected chi connectivity index (χ1v) is 9.03. The SMILES string of the molecule is O=C1NC2=C(C(=O)N(CCN3CCOCC3)C2)[C@H](c2cccs2)N1. The molecule has 3 aliphatic rings. The Balaban J connectivity index is 1.47. The van der Waals surface area contributed by atoms with Crippen LogP contribution in [0.4, 0.5) is 4.79 Å². The second-order valence-corrected chi connectivity index (χ2v) is 7.10. The summed E-state index contributed by atoms with van der Waals surface area (Å²) in [4.78, 5) is 29.9. The number of morpholine rings is 1. The van der Waals surface area contributed by atoms with E-state index in [1.54, 1.807) is 11.3 Å². The summed E-state index contributed by atoms with van der Waals surface area (Å²) in [6.07, 6.45) is 0. The van der Waals surface area contributed by atoms with Gasteiger partial charge in [0.25, 0.3) is 5.91 Å². The molecule has 128 valence electrons. The van der Waals surface area contributed by atoms with Crippen LogP contribution in [0.25, 0.3) is 0 Å². The minimum atomic E-state index is -0.338. The van der Waals surface area contributed by atoms with E-state index in [-0.39, 0.29) is 18.0 Å². The minimum Gasteiger partial charge on any atom is -0.379 e. The van der Waals surface area contributed by atoms with Crippen molar-refractivity contribution in [3.8, 4) is 0 Å². The Morgan fingerprint density at radius 1 is 1.25 bits per heavy atom. The van der Waals surface area contributed by atoms with Gasteiger partial charge >= 0.3 is 6.03 Å². The highest BCUT2D eigenvalue weighted by molar-refractivity contribution is 7.10. The van der Waals surface area contributed by atoms with Crippen molar-refractivity contribution in [1.82, 2.24) is 20.4 Å². The molecule has 8 heteroatoms. The molecule has 4 heterocycles. The van der Waals surface area contributed by atoms with Crippen molar-refractivity contribution in [2.45, 2.75) is 6.04 Å². The summed E-state index contributed by atoms with van der Waals surface area (Å²) in [5.41, 5.74) is 1.42. The van der Waals surface area contributed by atoms with Gasteiger partial charge in [-0.15, -0.1) is 11.3 Å². The molecule has 0 spiro atoms. The molecule has 3 aliphatic heterocycles. The summed E-state index contributed by atoms with van der Waals surface area (Å²) < 4.78 is 5.35. The smallest absolute Gasteiger partial charge is 0.319 e. The van der Waals surface area contributed by atoms with Crippen molar-refractivity contribution >= 4 is 23.3 Å². The van der Waals surface area contributed by atoms with Crippen LogP contribution in [0.15, 0.2) is 28.8 Å². The van der Waals surface area contributed by atoms with Crippen LogP contribution >= 0.6 is 11.3 Å². The van der Waals surface area contributed by atoms with E-state index in [0.717, 1.165) is 43.4 Å². The molecule has 0 radical (unpaired) electrons. The van der Waals surface area contributed by atoms with Crippen molar-refractivity contribution in [3.63, 3.8) is 0 Å². The van der Waals surface area contributed by atoms with Gasteiger partial charge in [0.1, 0.15) is 0 Å². The average molecular weight is 348 g/mol. The highest BCUT2D eigenvalue weighted by atomic mass is 32.1. The predicted octanol–water partition coefficient (Wildman–Crippen LogP) is 0.531. The molecule has 0 aliphatic carbocycles. The normalized spacial score (nSPS) is 24.8. The van der Waals surface area contributed by atoms with Gasteiger partial charge in [0.2, 0.25) is 0 Å². The molecule has 1 saturated heterocycles. The molecule has 0 saturated carbocycles. The summed E-state index contributed by atoms with van der Waals surface area (Å²) in [5.74, 6) is 0.0177. The van der Waals surface area contributed by atoms with Crippen LogP contribution in [0.1, 0.15) is 10.9 Å². The fraction of sp³-hybridized carbons (Fsp3) is 0.500. The Bertz CT molecular complexity index is 667. The average Bonchev–Trinajstić information content (AvgIpc) is 3.22. The van der Waals surface area contributed by atoms with Gasteiger partial charge in [0.05, 0.1) is 37.1 Å². The van der Waals surface area contributed by atoms with Crippen LogP contribution in [-0.2, 0) is 9.53 Å². The Hall–Kier alpha value is -1.90. The maximum atomic E-state index is 12.9. The molecular formula is C16H20N4O3S. The number of ether oxygens (including phenoxy) is 1. The second kappa shape index (κ2) is 6.54. The quantitative estimate of drug-likeness (QED) is 0.833. The zero-order valence-electron chi connectivity index (χ0n) is 13.3. The van der Waals surface area contributed by atoms with Crippen LogP contribution in [0, 0.1) is 0 Å². The van der Waals surface area contributed by atoms with E-state index in [1.165, 1.54) is 0 Å². The Kier molecular flexibility index (Phi) is 4.26. The number of urea groups is 1. The van der Waals surface area contributed by atoms with Crippen LogP contribution in [0.5, 0.6) is 0 Å². The van der Waals surface area contributed by atoms with E-state index in [9.17, 15) is 9.59 Å². The van der Waals surface area contributed by atoms with Gasteiger partial charge in [-0.25, -0.2) is 4.79 Å². The van der Waals surface area contributed by atoms with Gasteiger partial charge in [-0.2, -0.15) is 0 Å². The fourth-order valence-corrected chi connectivity index (χ4v) is 4.15. The van der Waals surface area contributed by atoms with Crippen molar-refractivity contribution in [1.29, 1.82) is 0 Å². The lowest BCUT2D eigenvalue weighted by Gasteiger charge is -2.28. The van der Waals surface area contributed by atoms with Crippen molar-refractivity contribution in [3.05, 3.63) is 33.7 Å². The maximum absolute atomic E-state index is 12.9. The first-order valence-electron chi connectivity index (χ1n) is 8.16. The molecule has 0 unspecified atom stereocenters. The van der Waals surface area contributed by atoms with E-state index in [2.05, 4.69) is 15.5 Å². The standard InChI is InChI=1S/C16H20N4O3S/c21-15-13-11(10-20(15)4-3-19-5-7-23-8-6-19)17-16(22)18-14(13)12-2-1-9-24-12/h1-2,9,14H,3-8,10H2,(H2,17,18,22)/t14-/m0/s1. The number of amides is 3. The zero-order valence-corrected chi connectivity index (χ0v) is 14.1. The highest BCUT2D eigenvalue weighted by Crippen LogP contribution is 2.34.